The highest BCUT2D eigenvalue weighted by Gasteiger charge is 2.13. The van der Waals surface area contributed by atoms with E-state index in [0.717, 1.165) is 0 Å². The molecule has 4 heteroatoms. The Morgan fingerprint density at radius 1 is 1.60 bits per heavy atom. The number of nitrogens with one attached hydrogen (secondary N) is 1. The van der Waals surface area contributed by atoms with Gasteiger partial charge in [-0.3, -0.25) is 4.79 Å². The maximum absolute atomic E-state index is 12.8. The topological polar surface area (TPSA) is 38.3 Å². The van der Waals surface area contributed by atoms with Crippen LogP contribution < -0.4 is 10.1 Å². The molecule has 82 valence electrons. The second kappa shape index (κ2) is 5.34. The van der Waals surface area contributed by atoms with Crippen molar-refractivity contribution in [1.82, 2.24) is 5.32 Å². The zero-order chi connectivity index (χ0) is 11.3. The van der Waals surface area contributed by atoms with Crippen LogP contribution in [-0.2, 0) is 4.79 Å². The van der Waals surface area contributed by atoms with Crippen LogP contribution in [0, 0.1) is 5.82 Å². The van der Waals surface area contributed by atoms with Crippen LogP contribution in [0.2, 0.25) is 0 Å². The number of rotatable bonds is 4. The van der Waals surface area contributed by atoms with Crippen molar-refractivity contribution in [3.05, 3.63) is 30.1 Å². The lowest BCUT2D eigenvalue weighted by Gasteiger charge is -2.13. The second-order valence-electron chi connectivity index (χ2n) is 3.11. The first kappa shape index (κ1) is 11.5. The fraction of sp³-hybridized carbons (Fsp3) is 0.364. The van der Waals surface area contributed by atoms with Crippen LogP contribution in [0.3, 0.4) is 0 Å². The van der Waals surface area contributed by atoms with E-state index in [1.165, 1.54) is 18.2 Å². The number of halogens is 1. The first-order valence-electron chi connectivity index (χ1n) is 4.83. The van der Waals surface area contributed by atoms with E-state index < -0.39 is 6.10 Å². The van der Waals surface area contributed by atoms with Gasteiger partial charge in [0.1, 0.15) is 11.6 Å². The molecule has 0 saturated carbocycles. The lowest BCUT2D eigenvalue weighted by molar-refractivity contribution is -0.127. The standard InChI is InChI=1S/C11H14FNO2/c1-3-13-11(14)8(2)15-10-6-4-5-9(12)7-10/h4-8H,3H2,1-2H3,(H,13,14). The fourth-order valence-electron chi connectivity index (χ4n) is 1.12. The van der Waals surface area contributed by atoms with E-state index in [4.69, 9.17) is 4.74 Å². The van der Waals surface area contributed by atoms with E-state index in [1.807, 2.05) is 6.92 Å². The number of carbonyl (C=O) groups is 1. The Morgan fingerprint density at radius 3 is 2.93 bits per heavy atom. The van der Waals surface area contributed by atoms with Crippen molar-refractivity contribution in [2.24, 2.45) is 0 Å². The van der Waals surface area contributed by atoms with Crippen molar-refractivity contribution in [1.29, 1.82) is 0 Å². The highest BCUT2D eigenvalue weighted by Crippen LogP contribution is 2.13. The first-order chi connectivity index (χ1) is 7.13. The number of ether oxygens (including phenoxy) is 1. The van der Waals surface area contributed by atoms with E-state index in [0.29, 0.717) is 12.3 Å². The van der Waals surface area contributed by atoms with Crippen LogP contribution in [0.5, 0.6) is 5.75 Å². The molecular weight excluding hydrogens is 197 g/mol. The van der Waals surface area contributed by atoms with Crippen molar-refractivity contribution in [2.45, 2.75) is 20.0 Å². The molecule has 0 fully saturated rings. The Balaban J connectivity index is 2.58. The summed E-state index contributed by atoms with van der Waals surface area (Å²) in [5.74, 6) is -0.230. The van der Waals surface area contributed by atoms with Crippen molar-refractivity contribution in [3.63, 3.8) is 0 Å². The number of benzene rings is 1. The highest BCUT2D eigenvalue weighted by atomic mass is 19.1. The molecule has 1 rings (SSSR count). The highest BCUT2D eigenvalue weighted by molar-refractivity contribution is 5.80. The number of hydrogen-bond acceptors (Lipinski definition) is 2. The lowest BCUT2D eigenvalue weighted by Crippen LogP contribution is -2.36. The summed E-state index contributed by atoms with van der Waals surface area (Å²) in [7, 11) is 0. The van der Waals surface area contributed by atoms with E-state index in [9.17, 15) is 9.18 Å². The first-order valence-corrected chi connectivity index (χ1v) is 4.83. The summed E-state index contributed by atoms with van der Waals surface area (Å²) in [6.45, 7) is 4.00. The smallest absolute Gasteiger partial charge is 0.260 e. The molecule has 0 bridgehead atoms. The summed E-state index contributed by atoms with van der Waals surface area (Å²) in [5, 5.41) is 2.62. The van der Waals surface area contributed by atoms with Crippen LogP contribution in [0.4, 0.5) is 4.39 Å². The molecule has 0 radical (unpaired) electrons. The van der Waals surface area contributed by atoms with Gasteiger partial charge in [-0.05, 0) is 26.0 Å². The zero-order valence-electron chi connectivity index (χ0n) is 8.79. The third-order valence-corrected chi connectivity index (χ3v) is 1.83. The summed E-state index contributed by atoms with van der Waals surface area (Å²) < 4.78 is 18.0. The maximum Gasteiger partial charge on any atom is 0.260 e. The number of amides is 1. The molecule has 1 N–H and O–H groups in total. The van der Waals surface area contributed by atoms with E-state index in [1.54, 1.807) is 13.0 Å². The Hall–Kier alpha value is -1.58. The molecule has 1 amide bonds. The lowest BCUT2D eigenvalue weighted by atomic mass is 10.3. The molecule has 1 aromatic rings. The van der Waals surface area contributed by atoms with Gasteiger partial charge in [0.2, 0.25) is 0 Å². The Labute approximate surface area is 88.2 Å². The second-order valence-corrected chi connectivity index (χ2v) is 3.11. The molecular formula is C11H14FNO2. The summed E-state index contributed by atoms with van der Waals surface area (Å²) in [6, 6.07) is 5.72. The van der Waals surface area contributed by atoms with Crippen LogP contribution >= 0.6 is 0 Å². The van der Waals surface area contributed by atoms with Gasteiger partial charge >= 0.3 is 0 Å². The maximum atomic E-state index is 12.8. The summed E-state index contributed by atoms with van der Waals surface area (Å²) in [4.78, 5) is 11.3. The van der Waals surface area contributed by atoms with Gasteiger partial charge in [0.15, 0.2) is 6.10 Å². The van der Waals surface area contributed by atoms with Crippen LogP contribution in [0.1, 0.15) is 13.8 Å². The molecule has 0 aliphatic rings. The molecule has 1 atom stereocenters. The average molecular weight is 211 g/mol. The predicted molar refractivity (Wildman–Crippen MR) is 55.2 cm³/mol. The quantitative estimate of drug-likeness (QED) is 0.823. The van der Waals surface area contributed by atoms with Gasteiger partial charge in [0, 0.05) is 12.6 Å². The molecule has 0 heterocycles. The van der Waals surface area contributed by atoms with E-state index in [2.05, 4.69) is 5.32 Å². The van der Waals surface area contributed by atoms with E-state index in [-0.39, 0.29) is 11.7 Å². The van der Waals surface area contributed by atoms with Gasteiger partial charge in [0.25, 0.3) is 5.91 Å². The SMILES string of the molecule is CCNC(=O)C(C)Oc1cccc(F)c1. The monoisotopic (exact) mass is 211 g/mol. The molecule has 0 aromatic heterocycles. The van der Waals surface area contributed by atoms with Crippen LogP contribution in [-0.4, -0.2) is 18.6 Å². The minimum atomic E-state index is -0.619. The largest absolute Gasteiger partial charge is 0.481 e. The van der Waals surface area contributed by atoms with Gasteiger partial charge < -0.3 is 10.1 Å². The summed E-state index contributed by atoms with van der Waals surface area (Å²) in [5.41, 5.74) is 0. The average Bonchev–Trinajstić information content (AvgIpc) is 2.18. The van der Waals surface area contributed by atoms with Gasteiger partial charge in [-0.1, -0.05) is 6.07 Å². The van der Waals surface area contributed by atoms with Crippen LogP contribution in [0.15, 0.2) is 24.3 Å². The molecule has 1 aromatic carbocycles. The van der Waals surface area contributed by atoms with Gasteiger partial charge in [-0.25, -0.2) is 4.39 Å². The molecule has 15 heavy (non-hydrogen) atoms. The van der Waals surface area contributed by atoms with E-state index >= 15 is 0 Å². The third-order valence-electron chi connectivity index (χ3n) is 1.83. The molecule has 0 aliphatic carbocycles. The Bertz CT molecular complexity index is 341. The minimum absolute atomic E-state index is 0.207. The summed E-state index contributed by atoms with van der Waals surface area (Å²) >= 11 is 0. The van der Waals surface area contributed by atoms with Gasteiger partial charge in [0.05, 0.1) is 0 Å². The van der Waals surface area contributed by atoms with Crippen molar-refractivity contribution >= 4 is 5.91 Å². The number of carbonyl (C=O) groups excluding carboxylic acids is 1. The van der Waals surface area contributed by atoms with Gasteiger partial charge in [-0.2, -0.15) is 0 Å². The summed E-state index contributed by atoms with van der Waals surface area (Å²) in [6.07, 6.45) is -0.619. The Kier molecular flexibility index (Phi) is 4.09. The minimum Gasteiger partial charge on any atom is -0.481 e. The fourth-order valence-corrected chi connectivity index (χ4v) is 1.12. The molecule has 3 nitrogen and oxygen atoms in total. The molecule has 0 spiro atoms. The van der Waals surface area contributed by atoms with Gasteiger partial charge in [-0.15, -0.1) is 0 Å². The zero-order valence-corrected chi connectivity index (χ0v) is 8.79. The molecule has 0 saturated heterocycles. The van der Waals surface area contributed by atoms with Crippen molar-refractivity contribution in [2.75, 3.05) is 6.54 Å². The normalized spacial score (nSPS) is 11.9. The molecule has 0 aliphatic heterocycles. The Morgan fingerprint density at radius 2 is 2.33 bits per heavy atom. The van der Waals surface area contributed by atoms with Crippen LogP contribution in [0.25, 0.3) is 0 Å². The molecule has 1 unspecified atom stereocenters. The van der Waals surface area contributed by atoms with Crippen molar-refractivity contribution < 1.29 is 13.9 Å². The van der Waals surface area contributed by atoms with Crippen molar-refractivity contribution in [3.8, 4) is 5.75 Å². The number of hydrogen-bond donors (Lipinski definition) is 1. The third kappa shape index (κ3) is 3.58. The predicted octanol–water partition coefficient (Wildman–Crippen LogP) is 1.73. The number of likely N-dealkylation sites (N-methyl/N-ethyl adjacent to an activating group) is 1.